The van der Waals surface area contributed by atoms with Gasteiger partial charge in [-0.3, -0.25) is 4.79 Å². The summed E-state index contributed by atoms with van der Waals surface area (Å²) >= 11 is 7.54. The minimum atomic E-state index is -0.696. The van der Waals surface area contributed by atoms with Crippen molar-refractivity contribution in [1.29, 1.82) is 0 Å². The van der Waals surface area contributed by atoms with Gasteiger partial charge in [-0.05, 0) is 55.1 Å². The minimum absolute atomic E-state index is 0.220. The molecule has 3 rings (SSSR count). The Morgan fingerprint density at radius 3 is 2.91 bits per heavy atom. The molecular weight excluding hydrogens is 318 g/mol. The van der Waals surface area contributed by atoms with Gasteiger partial charge in [0, 0.05) is 4.88 Å². The van der Waals surface area contributed by atoms with E-state index in [4.69, 9.17) is 11.6 Å². The van der Waals surface area contributed by atoms with Crippen LogP contribution in [-0.2, 0) is 11.2 Å². The molecule has 0 spiro atoms. The summed E-state index contributed by atoms with van der Waals surface area (Å²) in [6, 6.07) is 12.0. The van der Waals surface area contributed by atoms with Crippen LogP contribution in [0.15, 0.2) is 36.4 Å². The second-order valence-electron chi connectivity index (χ2n) is 5.71. The SMILES string of the molecule is O=C(O)[C@@H](Cc1cccc(-c2ccc(Cl)s2)c1)[C@H]1CCNC1. The first kappa shape index (κ1) is 15.5. The van der Waals surface area contributed by atoms with E-state index in [1.165, 1.54) is 11.3 Å². The monoisotopic (exact) mass is 335 g/mol. The molecule has 0 bridgehead atoms. The molecule has 0 radical (unpaired) electrons. The van der Waals surface area contributed by atoms with Gasteiger partial charge in [0.1, 0.15) is 0 Å². The molecule has 2 N–H and O–H groups in total. The van der Waals surface area contributed by atoms with Gasteiger partial charge in [-0.2, -0.15) is 0 Å². The molecular formula is C17H18ClNO2S. The van der Waals surface area contributed by atoms with Gasteiger partial charge in [0.05, 0.1) is 10.3 Å². The lowest BCUT2D eigenvalue weighted by Gasteiger charge is -2.19. The van der Waals surface area contributed by atoms with Gasteiger partial charge in [-0.25, -0.2) is 0 Å². The third-order valence-corrected chi connectivity index (χ3v) is 5.51. The Labute approximate surface area is 138 Å². The Balaban J connectivity index is 1.80. The number of carboxylic acids is 1. The third kappa shape index (κ3) is 3.51. The Kier molecular flexibility index (Phi) is 4.81. The highest BCUT2D eigenvalue weighted by molar-refractivity contribution is 7.19. The number of halogens is 1. The summed E-state index contributed by atoms with van der Waals surface area (Å²) in [5.41, 5.74) is 2.17. The number of carboxylic acid groups (broad SMARTS) is 1. The highest BCUT2D eigenvalue weighted by Crippen LogP contribution is 2.32. The van der Waals surface area contributed by atoms with Gasteiger partial charge < -0.3 is 10.4 Å². The predicted octanol–water partition coefficient (Wildman–Crippen LogP) is 3.92. The first-order valence-corrected chi connectivity index (χ1v) is 8.61. The lowest BCUT2D eigenvalue weighted by molar-refractivity contribution is -0.143. The van der Waals surface area contributed by atoms with E-state index in [0.29, 0.717) is 6.42 Å². The maximum Gasteiger partial charge on any atom is 0.307 e. The minimum Gasteiger partial charge on any atom is -0.481 e. The summed E-state index contributed by atoms with van der Waals surface area (Å²) in [5.74, 6) is -0.798. The lowest BCUT2D eigenvalue weighted by Crippen LogP contribution is -2.27. The number of benzene rings is 1. The van der Waals surface area contributed by atoms with E-state index < -0.39 is 5.97 Å². The van der Waals surface area contributed by atoms with Crippen LogP contribution >= 0.6 is 22.9 Å². The van der Waals surface area contributed by atoms with Crippen molar-refractivity contribution in [2.75, 3.05) is 13.1 Å². The predicted molar refractivity (Wildman–Crippen MR) is 90.6 cm³/mol. The normalized spacial score (nSPS) is 19.2. The average molecular weight is 336 g/mol. The van der Waals surface area contributed by atoms with Gasteiger partial charge in [-0.1, -0.05) is 35.9 Å². The molecule has 1 saturated heterocycles. The molecule has 2 atom stereocenters. The van der Waals surface area contributed by atoms with Gasteiger partial charge in [-0.15, -0.1) is 11.3 Å². The fraction of sp³-hybridized carbons (Fsp3) is 0.353. The van der Waals surface area contributed by atoms with E-state index in [1.54, 1.807) is 0 Å². The van der Waals surface area contributed by atoms with Crippen LogP contribution in [0.4, 0.5) is 0 Å². The first-order chi connectivity index (χ1) is 10.6. The highest BCUT2D eigenvalue weighted by Gasteiger charge is 2.30. The zero-order valence-corrected chi connectivity index (χ0v) is 13.7. The van der Waals surface area contributed by atoms with Crippen molar-refractivity contribution >= 4 is 28.9 Å². The number of aliphatic carboxylic acids is 1. The summed E-state index contributed by atoms with van der Waals surface area (Å²) in [6.45, 7) is 1.72. The number of rotatable bonds is 5. The quantitative estimate of drug-likeness (QED) is 0.870. The molecule has 0 saturated carbocycles. The van der Waals surface area contributed by atoms with Gasteiger partial charge in [0.2, 0.25) is 0 Å². The van der Waals surface area contributed by atoms with Crippen LogP contribution in [0.1, 0.15) is 12.0 Å². The van der Waals surface area contributed by atoms with Crippen LogP contribution < -0.4 is 5.32 Å². The van der Waals surface area contributed by atoms with E-state index in [0.717, 1.165) is 39.9 Å². The largest absolute Gasteiger partial charge is 0.481 e. The van der Waals surface area contributed by atoms with Crippen LogP contribution in [0.5, 0.6) is 0 Å². The molecule has 0 unspecified atom stereocenters. The summed E-state index contributed by atoms with van der Waals surface area (Å²) in [5, 5.41) is 12.8. The highest BCUT2D eigenvalue weighted by atomic mass is 35.5. The van der Waals surface area contributed by atoms with Crippen LogP contribution in [0, 0.1) is 11.8 Å². The smallest absolute Gasteiger partial charge is 0.307 e. The summed E-state index contributed by atoms with van der Waals surface area (Å²) in [6.07, 6.45) is 1.52. The Morgan fingerprint density at radius 2 is 2.27 bits per heavy atom. The standard InChI is InChI=1S/C17H18ClNO2S/c18-16-5-4-15(22-16)12-3-1-2-11(8-12)9-14(17(20)21)13-6-7-19-10-13/h1-5,8,13-14,19H,6-7,9-10H2,(H,20,21)/t13-,14-/m0/s1. The van der Waals surface area contributed by atoms with Crippen LogP contribution in [0.2, 0.25) is 4.34 Å². The lowest BCUT2D eigenvalue weighted by atomic mass is 9.86. The van der Waals surface area contributed by atoms with Crippen molar-refractivity contribution in [3.63, 3.8) is 0 Å². The van der Waals surface area contributed by atoms with E-state index in [1.807, 2.05) is 30.3 Å². The second kappa shape index (κ2) is 6.82. The topological polar surface area (TPSA) is 49.3 Å². The molecule has 116 valence electrons. The van der Waals surface area contributed by atoms with Crippen LogP contribution in [-0.4, -0.2) is 24.2 Å². The third-order valence-electron chi connectivity index (χ3n) is 4.22. The van der Waals surface area contributed by atoms with Crippen molar-refractivity contribution in [3.05, 3.63) is 46.3 Å². The molecule has 2 heterocycles. The Hall–Kier alpha value is -1.36. The molecule has 5 heteroatoms. The molecule has 1 aliphatic heterocycles. The molecule has 1 aromatic heterocycles. The summed E-state index contributed by atoms with van der Waals surface area (Å²) < 4.78 is 0.765. The number of nitrogens with one attached hydrogen (secondary N) is 1. The molecule has 1 fully saturated rings. The summed E-state index contributed by atoms with van der Waals surface area (Å²) in [4.78, 5) is 12.7. The second-order valence-corrected chi connectivity index (χ2v) is 7.42. The molecule has 1 aromatic carbocycles. The number of hydrogen-bond acceptors (Lipinski definition) is 3. The Morgan fingerprint density at radius 1 is 1.41 bits per heavy atom. The van der Waals surface area contributed by atoms with Crippen molar-refractivity contribution in [3.8, 4) is 10.4 Å². The molecule has 0 aliphatic carbocycles. The molecule has 0 amide bonds. The number of hydrogen-bond donors (Lipinski definition) is 2. The zero-order chi connectivity index (χ0) is 15.5. The number of thiophene rings is 1. The molecule has 3 nitrogen and oxygen atoms in total. The number of carbonyl (C=O) groups is 1. The molecule has 22 heavy (non-hydrogen) atoms. The molecule has 1 aliphatic rings. The van der Waals surface area contributed by atoms with Crippen molar-refractivity contribution in [2.24, 2.45) is 11.8 Å². The summed E-state index contributed by atoms with van der Waals surface area (Å²) in [7, 11) is 0. The first-order valence-electron chi connectivity index (χ1n) is 7.41. The van der Waals surface area contributed by atoms with E-state index in [9.17, 15) is 9.90 Å². The van der Waals surface area contributed by atoms with E-state index in [-0.39, 0.29) is 11.8 Å². The van der Waals surface area contributed by atoms with Gasteiger partial charge >= 0.3 is 5.97 Å². The van der Waals surface area contributed by atoms with E-state index >= 15 is 0 Å². The maximum atomic E-state index is 11.6. The zero-order valence-electron chi connectivity index (χ0n) is 12.1. The van der Waals surface area contributed by atoms with Gasteiger partial charge in [0.25, 0.3) is 0 Å². The van der Waals surface area contributed by atoms with Crippen LogP contribution in [0.3, 0.4) is 0 Å². The fourth-order valence-corrected chi connectivity index (χ4v) is 4.09. The van der Waals surface area contributed by atoms with Crippen molar-refractivity contribution < 1.29 is 9.90 Å². The van der Waals surface area contributed by atoms with Gasteiger partial charge in [0.15, 0.2) is 0 Å². The Bertz CT molecular complexity index is 664. The van der Waals surface area contributed by atoms with Crippen molar-refractivity contribution in [2.45, 2.75) is 12.8 Å². The van der Waals surface area contributed by atoms with Crippen molar-refractivity contribution in [1.82, 2.24) is 5.32 Å². The average Bonchev–Trinajstić information content (AvgIpc) is 3.16. The maximum absolute atomic E-state index is 11.6. The van der Waals surface area contributed by atoms with Crippen LogP contribution in [0.25, 0.3) is 10.4 Å². The fourth-order valence-electron chi connectivity index (χ4n) is 3.05. The van der Waals surface area contributed by atoms with E-state index in [2.05, 4.69) is 11.4 Å². The molecule has 2 aromatic rings.